The van der Waals surface area contributed by atoms with Gasteiger partial charge in [0.1, 0.15) is 5.82 Å². The zero-order valence-corrected chi connectivity index (χ0v) is 20.3. The molecule has 5 rings (SSSR count). The molecule has 0 aliphatic carbocycles. The summed E-state index contributed by atoms with van der Waals surface area (Å²) >= 11 is 6.16. The number of aromatic nitrogens is 3. The van der Waals surface area contributed by atoms with Crippen LogP contribution in [-0.4, -0.2) is 29.2 Å². The van der Waals surface area contributed by atoms with Crippen molar-refractivity contribution in [2.24, 2.45) is 0 Å². The standard InChI is InChI=1S/C26H15ClF2N4O3S/c27-19-7-9-21(33-37(35,36)18-5-1-4-17(28)12-18)25(29)24(19)26(34)15-6-8-20-22(11-15)32-23(14-31-20)16-3-2-10-30-13-16/h1-14,33H. The van der Waals surface area contributed by atoms with Crippen LogP contribution in [0.4, 0.5) is 14.5 Å². The highest BCUT2D eigenvalue weighted by Crippen LogP contribution is 2.30. The minimum atomic E-state index is -4.35. The third-order valence-electron chi connectivity index (χ3n) is 5.43. The molecule has 11 heteroatoms. The number of fused-ring (bicyclic) bond motifs is 1. The van der Waals surface area contributed by atoms with Gasteiger partial charge < -0.3 is 0 Å². The Morgan fingerprint density at radius 2 is 1.76 bits per heavy atom. The van der Waals surface area contributed by atoms with Gasteiger partial charge in [-0.05, 0) is 60.7 Å². The zero-order valence-electron chi connectivity index (χ0n) is 18.7. The summed E-state index contributed by atoms with van der Waals surface area (Å²) in [5, 5.41) is -0.216. The van der Waals surface area contributed by atoms with Gasteiger partial charge in [-0.2, -0.15) is 0 Å². The van der Waals surface area contributed by atoms with E-state index in [0.29, 0.717) is 16.7 Å². The van der Waals surface area contributed by atoms with Crippen molar-refractivity contribution in [2.75, 3.05) is 4.72 Å². The molecule has 7 nitrogen and oxygen atoms in total. The number of nitrogens with one attached hydrogen (secondary N) is 1. The molecule has 0 radical (unpaired) electrons. The second-order valence-electron chi connectivity index (χ2n) is 7.88. The van der Waals surface area contributed by atoms with Crippen LogP contribution in [0.2, 0.25) is 5.02 Å². The van der Waals surface area contributed by atoms with Gasteiger partial charge >= 0.3 is 0 Å². The van der Waals surface area contributed by atoms with Crippen LogP contribution in [0, 0.1) is 11.6 Å². The minimum absolute atomic E-state index is 0.0658. The van der Waals surface area contributed by atoms with Crippen molar-refractivity contribution in [1.29, 1.82) is 0 Å². The van der Waals surface area contributed by atoms with E-state index in [2.05, 4.69) is 19.7 Å². The second-order valence-corrected chi connectivity index (χ2v) is 9.97. The number of ketones is 1. The fourth-order valence-electron chi connectivity index (χ4n) is 3.63. The third kappa shape index (κ3) is 4.89. The Morgan fingerprint density at radius 3 is 2.51 bits per heavy atom. The fourth-order valence-corrected chi connectivity index (χ4v) is 4.95. The largest absolute Gasteiger partial charge is 0.288 e. The first kappa shape index (κ1) is 24.4. The van der Waals surface area contributed by atoms with Crippen molar-refractivity contribution < 1.29 is 22.0 Å². The van der Waals surface area contributed by atoms with E-state index in [1.807, 2.05) is 6.07 Å². The Morgan fingerprint density at radius 1 is 0.919 bits per heavy atom. The summed E-state index contributed by atoms with van der Waals surface area (Å²) in [6, 6.07) is 14.5. The quantitative estimate of drug-likeness (QED) is 0.281. The third-order valence-corrected chi connectivity index (χ3v) is 7.11. The molecular weight excluding hydrogens is 522 g/mol. The number of nitrogens with zero attached hydrogens (tertiary/aromatic N) is 3. The summed E-state index contributed by atoms with van der Waals surface area (Å²) in [6.07, 6.45) is 4.82. The first-order chi connectivity index (χ1) is 17.7. The molecule has 0 aliphatic heterocycles. The number of carbonyl (C=O) groups excluding carboxylic acids is 1. The predicted octanol–water partition coefficient (Wildman–Crippen LogP) is 5.66. The van der Waals surface area contributed by atoms with E-state index >= 15 is 4.39 Å². The lowest BCUT2D eigenvalue weighted by Crippen LogP contribution is -2.16. The molecule has 5 aromatic rings. The number of hydrogen-bond donors (Lipinski definition) is 1. The molecular formula is C26H15ClF2N4O3S. The van der Waals surface area contributed by atoms with Crippen molar-refractivity contribution in [2.45, 2.75) is 4.90 Å². The number of pyridine rings is 1. The van der Waals surface area contributed by atoms with Gasteiger partial charge in [0.05, 0.1) is 44.1 Å². The molecule has 184 valence electrons. The first-order valence-corrected chi connectivity index (χ1v) is 12.6. The Kier molecular flexibility index (Phi) is 6.36. The summed E-state index contributed by atoms with van der Waals surface area (Å²) in [7, 11) is -4.35. The number of hydrogen-bond acceptors (Lipinski definition) is 6. The van der Waals surface area contributed by atoms with E-state index in [-0.39, 0.29) is 10.6 Å². The minimum Gasteiger partial charge on any atom is -0.288 e. The zero-order chi connectivity index (χ0) is 26.2. The lowest BCUT2D eigenvalue weighted by atomic mass is 10.0. The lowest BCUT2D eigenvalue weighted by molar-refractivity contribution is 0.103. The van der Waals surface area contributed by atoms with Crippen LogP contribution in [0.3, 0.4) is 0 Å². The molecule has 0 bridgehead atoms. The van der Waals surface area contributed by atoms with E-state index in [1.165, 1.54) is 24.3 Å². The number of halogens is 3. The maximum absolute atomic E-state index is 15.5. The Labute approximate surface area is 214 Å². The summed E-state index contributed by atoms with van der Waals surface area (Å²) in [6.45, 7) is 0. The molecule has 37 heavy (non-hydrogen) atoms. The van der Waals surface area contributed by atoms with E-state index in [0.717, 1.165) is 29.8 Å². The summed E-state index contributed by atoms with van der Waals surface area (Å²) < 4.78 is 56.3. The highest BCUT2D eigenvalue weighted by atomic mass is 35.5. The van der Waals surface area contributed by atoms with Crippen LogP contribution in [0.1, 0.15) is 15.9 Å². The van der Waals surface area contributed by atoms with E-state index in [9.17, 15) is 17.6 Å². The van der Waals surface area contributed by atoms with Crippen LogP contribution in [0.25, 0.3) is 22.3 Å². The molecule has 2 aromatic heterocycles. The normalized spacial score (nSPS) is 11.4. The number of sulfonamides is 1. The molecule has 0 unspecified atom stereocenters. The molecule has 0 saturated heterocycles. The average Bonchev–Trinajstić information content (AvgIpc) is 2.90. The highest BCUT2D eigenvalue weighted by molar-refractivity contribution is 7.92. The number of carbonyl (C=O) groups is 1. The molecule has 0 spiro atoms. The molecule has 2 heterocycles. The van der Waals surface area contributed by atoms with Crippen molar-refractivity contribution in [3.05, 3.63) is 113 Å². The molecule has 0 saturated carbocycles. The average molecular weight is 537 g/mol. The summed E-state index contributed by atoms with van der Waals surface area (Å²) in [5.74, 6) is -2.74. The summed E-state index contributed by atoms with van der Waals surface area (Å²) in [4.78, 5) is 25.8. The first-order valence-electron chi connectivity index (χ1n) is 10.7. The molecule has 0 aliphatic rings. The van der Waals surface area contributed by atoms with Crippen molar-refractivity contribution in [3.8, 4) is 11.3 Å². The van der Waals surface area contributed by atoms with Gasteiger partial charge in [0, 0.05) is 23.5 Å². The molecule has 0 amide bonds. The smallest absolute Gasteiger partial charge is 0.262 e. The van der Waals surface area contributed by atoms with Gasteiger partial charge in [0.2, 0.25) is 0 Å². The van der Waals surface area contributed by atoms with Gasteiger partial charge in [-0.15, -0.1) is 0 Å². The van der Waals surface area contributed by atoms with Gasteiger partial charge in [-0.3, -0.25) is 19.5 Å². The van der Waals surface area contributed by atoms with E-state index in [1.54, 1.807) is 30.7 Å². The maximum Gasteiger partial charge on any atom is 0.262 e. The maximum atomic E-state index is 15.5. The van der Waals surface area contributed by atoms with Crippen LogP contribution in [0.15, 0.2) is 90.2 Å². The molecule has 0 atom stereocenters. The van der Waals surface area contributed by atoms with Crippen molar-refractivity contribution >= 4 is 44.1 Å². The number of anilines is 1. The lowest BCUT2D eigenvalue weighted by Gasteiger charge is -2.13. The monoisotopic (exact) mass is 536 g/mol. The van der Waals surface area contributed by atoms with Crippen molar-refractivity contribution in [3.63, 3.8) is 0 Å². The van der Waals surface area contributed by atoms with Crippen LogP contribution in [-0.2, 0) is 10.0 Å². The number of rotatable bonds is 6. The van der Waals surface area contributed by atoms with E-state index in [4.69, 9.17) is 11.6 Å². The van der Waals surface area contributed by atoms with Gasteiger partial charge in [0.15, 0.2) is 11.6 Å². The SMILES string of the molecule is O=C(c1ccc2ncc(-c3cccnc3)nc2c1)c1c(Cl)ccc(NS(=O)(=O)c2cccc(F)c2)c1F. The molecule has 3 aromatic carbocycles. The Hall–Kier alpha value is -4.28. The van der Waals surface area contributed by atoms with Gasteiger partial charge in [-0.1, -0.05) is 17.7 Å². The summed E-state index contributed by atoms with van der Waals surface area (Å²) in [5.41, 5.74) is 1.16. The Bertz CT molecular complexity index is 1780. The Balaban J connectivity index is 1.52. The number of benzene rings is 3. The molecule has 0 fully saturated rings. The van der Waals surface area contributed by atoms with Gasteiger partial charge in [0.25, 0.3) is 10.0 Å². The van der Waals surface area contributed by atoms with Crippen molar-refractivity contribution in [1.82, 2.24) is 15.0 Å². The van der Waals surface area contributed by atoms with Crippen LogP contribution >= 0.6 is 11.6 Å². The van der Waals surface area contributed by atoms with Crippen LogP contribution < -0.4 is 4.72 Å². The van der Waals surface area contributed by atoms with Gasteiger partial charge in [-0.25, -0.2) is 22.2 Å². The molecule has 1 N–H and O–H groups in total. The second kappa shape index (κ2) is 9.64. The topological polar surface area (TPSA) is 102 Å². The van der Waals surface area contributed by atoms with E-state index < -0.39 is 43.6 Å². The highest BCUT2D eigenvalue weighted by Gasteiger charge is 2.24. The fraction of sp³-hybridized carbons (Fsp3) is 0. The van der Waals surface area contributed by atoms with Crippen LogP contribution in [0.5, 0.6) is 0 Å². The predicted molar refractivity (Wildman–Crippen MR) is 135 cm³/mol.